The summed E-state index contributed by atoms with van der Waals surface area (Å²) in [6.07, 6.45) is 6.52. The molecular formula is C19H31ClN2O2. The Morgan fingerprint density at radius 2 is 2.08 bits per heavy atom. The molecule has 4 nitrogen and oxygen atoms in total. The van der Waals surface area contributed by atoms with Crippen LogP contribution in [-0.2, 0) is 11.2 Å². The van der Waals surface area contributed by atoms with Crippen molar-refractivity contribution in [3.8, 4) is 5.75 Å². The highest BCUT2D eigenvalue weighted by Gasteiger charge is 2.16. The van der Waals surface area contributed by atoms with E-state index in [0.717, 1.165) is 37.1 Å². The van der Waals surface area contributed by atoms with E-state index in [4.69, 9.17) is 4.74 Å². The molecule has 0 bridgehead atoms. The van der Waals surface area contributed by atoms with E-state index in [-0.39, 0.29) is 18.3 Å². The molecule has 0 heterocycles. The van der Waals surface area contributed by atoms with Crippen molar-refractivity contribution in [1.82, 2.24) is 10.6 Å². The molecule has 0 saturated heterocycles. The average Bonchev–Trinajstić information content (AvgIpc) is 3.04. The van der Waals surface area contributed by atoms with E-state index in [9.17, 15) is 4.79 Å². The number of nitrogens with one attached hydrogen (secondary N) is 2. The molecule has 0 spiro atoms. The summed E-state index contributed by atoms with van der Waals surface area (Å²) in [4.78, 5) is 11.9. The number of rotatable bonds is 9. The molecule has 1 amide bonds. The van der Waals surface area contributed by atoms with Crippen LogP contribution in [0.1, 0.15) is 51.5 Å². The van der Waals surface area contributed by atoms with E-state index in [0.29, 0.717) is 25.1 Å². The maximum Gasteiger partial charge on any atom is 0.220 e. The number of hydrogen-bond donors (Lipinski definition) is 2. The van der Waals surface area contributed by atoms with Gasteiger partial charge in [-0.3, -0.25) is 4.79 Å². The molecule has 1 saturated carbocycles. The third-order valence-electron chi connectivity index (χ3n) is 4.30. The second-order valence-corrected chi connectivity index (χ2v) is 6.43. The zero-order chi connectivity index (χ0) is 16.5. The van der Waals surface area contributed by atoms with Gasteiger partial charge >= 0.3 is 0 Å². The first-order valence-electron chi connectivity index (χ1n) is 8.93. The van der Waals surface area contributed by atoms with Crippen LogP contribution in [0.5, 0.6) is 5.75 Å². The van der Waals surface area contributed by atoms with Gasteiger partial charge in [0.1, 0.15) is 5.75 Å². The number of carbonyl (C=O) groups is 1. The largest absolute Gasteiger partial charge is 0.490 e. The molecule has 1 aromatic rings. The maximum atomic E-state index is 11.9. The molecule has 1 aromatic carbocycles. The minimum atomic E-state index is 0. The zero-order valence-electron chi connectivity index (χ0n) is 14.8. The first kappa shape index (κ1) is 20.8. The van der Waals surface area contributed by atoms with Crippen molar-refractivity contribution in [2.75, 3.05) is 13.1 Å². The normalized spacial score (nSPS) is 15.6. The number of hydrogen-bond acceptors (Lipinski definition) is 3. The standard InChI is InChI=1S/C19H30N2O2.ClH/c1-3-20-15(2)14-21-19(22)12-11-16-7-6-10-18(13-16)23-17-8-4-5-9-17;/h6-7,10,13,15,17,20H,3-5,8-9,11-12,14H2,1-2H3,(H,21,22);1H/t15-;/m1./s1. The van der Waals surface area contributed by atoms with E-state index in [1.807, 2.05) is 12.1 Å². The summed E-state index contributed by atoms with van der Waals surface area (Å²) >= 11 is 0. The third-order valence-corrected chi connectivity index (χ3v) is 4.30. The molecule has 1 aliphatic carbocycles. The maximum absolute atomic E-state index is 11.9. The molecule has 136 valence electrons. The highest BCUT2D eigenvalue weighted by molar-refractivity contribution is 5.85. The van der Waals surface area contributed by atoms with Crippen molar-refractivity contribution >= 4 is 18.3 Å². The van der Waals surface area contributed by atoms with E-state index in [2.05, 4.69) is 36.6 Å². The lowest BCUT2D eigenvalue weighted by Gasteiger charge is -2.14. The van der Waals surface area contributed by atoms with Gasteiger partial charge in [-0.1, -0.05) is 19.1 Å². The van der Waals surface area contributed by atoms with Gasteiger partial charge in [-0.05, 0) is 63.3 Å². The Kier molecular flexibility index (Phi) is 9.80. The Balaban J connectivity index is 0.00000288. The van der Waals surface area contributed by atoms with Crippen LogP contribution in [0, 0.1) is 0 Å². The molecule has 0 radical (unpaired) electrons. The topological polar surface area (TPSA) is 50.4 Å². The molecule has 0 aromatic heterocycles. The molecular weight excluding hydrogens is 324 g/mol. The first-order chi connectivity index (χ1) is 11.2. The van der Waals surface area contributed by atoms with Crippen molar-refractivity contribution < 1.29 is 9.53 Å². The highest BCUT2D eigenvalue weighted by Crippen LogP contribution is 2.24. The van der Waals surface area contributed by atoms with Gasteiger partial charge in [-0.15, -0.1) is 12.4 Å². The number of amides is 1. The molecule has 1 aliphatic rings. The number of likely N-dealkylation sites (N-methyl/N-ethyl adjacent to an activating group) is 1. The van der Waals surface area contributed by atoms with Gasteiger partial charge in [0.2, 0.25) is 5.91 Å². The predicted octanol–water partition coefficient (Wildman–Crippen LogP) is 3.48. The highest BCUT2D eigenvalue weighted by atomic mass is 35.5. The Labute approximate surface area is 152 Å². The van der Waals surface area contributed by atoms with Crippen LogP contribution in [-0.4, -0.2) is 31.1 Å². The molecule has 2 N–H and O–H groups in total. The van der Waals surface area contributed by atoms with Crippen molar-refractivity contribution in [2.24, 2.45) is 0 Å². The van der Waals surface area contributed by atoms with Gasteiger partial charge in [0, 0.05) is 19.0 Å². The number of halogens is 1. The molecule has 1 fully saturated rings. The van der Waals surface area contributed by atoms with Crippen LogP contribution in [0.15, 0.2) is 24.3 Å². The Morgan fingerprint density at radius 3 is 2.79 bits per heavy atom. The molecule has 0 aliphatic heterocycles. The van der Waals surface area contributed by atoms with Gasteiger partial charge in [0.15, 0.2) is 0 Å². The molecule has 5 heteroatoms. The summed E-state index contributed by atoms with van der Waals surface area (Å²) in [6.45, 7) is 5.74. The van der Waals surface area contributed by atoms with Crippen molar-refractivity contribution in [3.05, 3.63) is 29.8 Å². The molecule has 24 heavy (non-hydrogen) atoms. The predicted molar refractivity (Wildman–Crippen MR) is 101 cm³/mol. The minimum Gasteiger partial charge on any atom is -0.490 e. The summed E-state index contributed by atoms with van der Waals surface area (Å²) in [7, 11) is 0. The summed E-state index contributed by atoms with van der Waals surface area (Å²) < 4.78 is 6.02. The van der Waals surface area contributed by atoms with Crippen molar-refractivity contribution in [1.29, 1.82) is 0 Å². The van der Waals surface area contributed by atoms with Crippen LogP contribution >= 0.6 is 12.4 Å². The number of ether oxygens (including phenoxy) is 1. The first-order valence-corrected chi connectivity index (χ1v) is 8.93. The fraction of sp³-hybridized carbons (Fsp3) is 0.632. The van der Waals surface area contributed by atoms with Crippen molar-refractivity contribution in [2.45, 2.75) is 64.5 Å². The van der Waals surface area contributed by atoms with Crippen LogP contribution < -0.4 is 15.4 Å². The minimum absolute atomic E-state index is 0. The lowest BCUT2D eigenvalue weighted by molar-refractivity contribution is -0.121. The van der Waals surface area contributed by atoms with E-state index in [1.54, 1.807) is 0 Å². The molecule has 2 rings (SSSR count). The summed E-state index contributed by atoms with van der Waals surface area (Å²) in [5.41, 5.74) is 1.16. The second-order valence-electron chi connectivity index (χ2n) is 6.43. The summed E-state index contributed by atoms with van der Waals surface area (Å²) in [5, 5.41) is 6.26. The van der Waals surface area contributed by atoms with Gasteiger partial charge in [0.25, 0.3) is 0 Å². The van der Waals surface area contributed by atoms with E-state index >= 15 is 0 Å². The smallest absolute Gasteiger partial charge is 0.220 e. The quantitative estimate of drug-likeness (QED) is 0.713. The van der Waals surface area contributed by atoms with Gasteiger partial charge < -0.3 is 15.4 Å². The lowest BCUT2D eigenvalue weighted by Crippen LogP contribution is -2.38. The van der Waals surface area contributed by atoms with Crippen LogP contribution in [0.2, 0.25) is 0 Å². The van der Waals surface area contributed by atoms with E-state index in [1.165, 1.54) is 12.8 Å². The average molecular weight is 355 g/mol. The van der Waals surface area contributed by atoms with Gasteiger partial charge in [0.05, 0.1) is 6.10 Å². The zero-order valence-corrected chi connectivity index (χ0v) is 15.7. The second kappa shape index (κ2) is 11.3. The Morgan fingerprint density at radius 1 is 1.33 bits per heavy atom. The number of carbonyl (C=O) groups excluding carboxylic acids is 1. The van der Waals surface area contributed by atoms with Gasteiger partial charge in [-0.25, -0.2) is 0 Å². The fourth-order valence-corrected chi connectivity index (χ4v) is 3.01. The summed E-state index contributed by atoms with van der Waals surface area (Å²) in [6, 6.07) is 8.49. The van der Waals surface area contributed by atoms with Crippen molar-refractivity contribution in [3.63, 3.8) is 0 Å². The third kappa shape index (κ3) is 7.54. The number of benzene rings is 1. The van der Waals surface area contributed by atoms with Crippen LogP contribution in [0.4, 0.5) is 0 Å². The monoisotopic (exact) mass is 354 g/mol. The molecule has 1 atom stereocenters. The summed E-state index contributed by atoms with van der Waals surface area (Å²) in [5.74, 6) is 1.05. The van der Waals surface area contributed by atoms with Gasteiger partial charge in [-0.2, -0.15) is 0 Å². The Hall–Kier alpha value is -1.26. The SMILES string of the molecule is CCN[C@H](C)CNC(=O)CCc1cccc(OC2CCCC2)c1.Cl. The van der Waals surface area contributed by atoms with E-state index < -0.39 is 0 Å². The van der Waals surface area contributed by atoms with Crippen LogP contribution in [0.3, 0.4) is 0 Å². The molecule has 0 unspecified atom stereocenters. The Bertz CT molecular complexity index is 490. The fourth-order valence-electron chi connectivity index (χ4n) is 3.01. The lowest BCUT2D eigenvalue weighted by atomic mass is 10.1. The number of aryl methyl sites for hydroxylation is 1. The van der Waals surface area contributed by atoms with Crippen LogP contribution in [0.25, 0.3) is 0 Å².